The minimum Gasteiger partial charge on any atom is -0.368 e. The molecule has 0 saturated heterocycles. The average Bonchev–Trinajstić information content (AvgIpc) is 2.15. The molecule has 0 bridgehead atoms. The molecule has 0 aromatic heterocycles. The maximum absolute atomic E-state index is 10.3. The molecule has 0 aliphatic heterocycles. The quantitative estimate of drug-likeness (QED) is 0.530. The van der Waals surface area contributed by atoms with Crippen molar-refractivity contribution in [3.8, 4) is 0 Å². The second-order valence-electron chi connectivity index (χ2n) is 3.06. The van der Waals surface area contributed by atoms with E-state index >= 15 is 0 Å². The van der Waals surface area contributed by atoms with Crippen LogP contribution < -0.4 is 11.2 Å². The number of nitrogens with two attached hydrogens (primary N) is 1. The van der Waals surface area contributed by atoms with Crippen LogP contribution in [0.15, 0.2) is 24.3 Å². The maximum atomic E-state index is 10.3. The normalized spacial score (nSPS) is 10.1. The number of amides is 1. The van der Waals surface area contributed by atoms with Gasteiger partial charge in [0.15, 0.2) is 0 Å². The number of benzene rings is 1. The van der Waals surface area contributed by atoms with Gasteiger partial charge in [0.25, 0.3) is 0 Å². The molecule has 1 aromatic rings. The van der Waals surface area contributed by atoms with Gasteiger partial charge in [-0.1, -0.05) is 29.8 Å². The third-order valence-electron chi connectivity index (χ3n) is 1.71. The van der Waals surface area contributed by atoms with Gasteiger partial charge in [0.05, 0.1) is 0 Å². The first-order valence-electron chi connectivity index (χ1n) is 4.37. The van der Waals surface area contributed by atoms with Crippen LogP contribution in [0.3, 0.4) is 0 Å². The Kier molecular flexibility index (Phi) is 4.10. The summed E-state index contributed by atoms with van der Waals surface area (Å²) >= 11 is 0. The van der Waals surface area contributed by atoms with Crippen LogP contribution in [0.2, 0.25) is 0 Å². The third kappa shape index (κ3) is 4.02. The number of hydrogen-bond acceptors (Lipinski definition) is 3. The van der Waals surface area contributed by atoms with Gasteiger partial charge in [-0.15, -0.1) is 0 Å². The monoisotopic (exact) mass is 194 g/mol. The number of aryl methyl sites for hydroxylation is 1. The number of hydroxylamine groups is 1. The molecule has 0 spiro atoms. The molecule has 4 nitrogen and oxygen atoms in total. The van der Waals surface area contributed by atoms with Crippen LogP contribution in [-0.4, -0.2) is 12.5 Å². The van der Waals surface area contributed by atoms with E-state index in [9.17, 15) is 4.79 Å². The Morgan fingerprint density at radius 1 is 1.43 bits per heavy atom. The van der Waals surface area contributed by atoms with E-state index in [1.807, 2.05) is 31.2 Å². The Balaban J connectivity index is 2.25. The molecule has 1 rings (SSSR count). The minimum absolute atomic E-state index is 0.105. The van der Waals surface area contributed by atoms with Gasteiger partial charge >= 0.3 is 0 Å². The lowest BCUT2D eigenvalue weighted by Gasteiger charge is -2.04. The van der Waals surface area contributed by atoms with E-state index in [0.717, 1.165) is 5.56 Å². The zero-order valence-electron chi connectivity index (χ0n) is 8.12. The van der Waals surface area contributed by atoms with Crippen LogP contribution in [0.25, 0.3) is 0 Å². The van der Waals surface area contributed by atoms with E-state index in [-0.39, 0.29) is 6.61 Å². The topological polar surface area (TPSA) is 64.3 Å². The Morgan fingerprint density at radius 2 is 2.07 bits per heavy atom. The third-order valence-corrected chi connectivity index (χ3v) is 1.71. The molecule has 0 atom stereocenters. The molecule has 76 valence electrons. The number of primary amides is 1. The van der Waals surface area contributed by atoms with Gasteiger partial charge in [0.2, 0.25) is 5.91 Å². The molecule has 0 heterocycles. The minimum atomic E-state index is -0.485. The summed E-state index contributed by atoms with van der Waals surface area (Å²) in [5.74, 6) is -0.485. The first-order valence-corrected chi connectivity index (χ1v) is 4.37. The van der Waals surface area contributed by atoms with Gasteiger partial charge in [0.1, 0.15) is 6.61 Å². The van der Waals surface area contributed by atoms with E-state index in [0.29, 0.717) is 6.54 Å². The molecule has 14 heavy (non-hydrogen) atoms. The van der Waals surface area contributed by atoms with Gasteiger partial charge in [-0.2, -0.15) is 5.48 Å². The highest BCUT2D eigenvalue weighted by atomic mass is 16.6. The van der Waals surface area contributed by atoms with E-state index in [4.69, 9.17) is 10.6 Å². The van der Waals surface area contributed by atoms with Crippen LogP contribution >= 0.6 is 0 Å². The van der Waals surface area contributed by atoms with Crippen molar-refractivity contribution in [1.29, 1.82) is 0 Å². The molecule has 1 aromatic carbocycles. The lowest BCUT2D eigenvalue weighted by Crippen LogP contribution is -2.24. The molecule has 0 radical (unpaired) electrons. The van der Waals surface area contributed by atoms with Crippen molar-refractivity contribution in [3.05, 3.63) is 35.4 Å². The molecule has 1 amide bonds. The zero-order chi connectivity index (χ0) is 10.4. The molecule has 0 unspecified atom stereocenters. The van der Waals surface area contributed by atoms with Gasteiger partial charge in [-0.05, 0) is 12.5 Å². The highest BCUT2D eigenvalue weighted by Crippen LogP contribution is 2.01. The van der Waals surface area contributed by atoms with Crippen molar-refractivity contribution in [2.75, 3.05) is 6.61 Å². The van der Waals surface area contributed by atoms with Gasteiger partial charge in [-0.25, -0.2) is 0 Å². The molecule has 0 fully saturated rings. The van der Waals surface area contributed by atoms with E-state index < -0.39 is 5.91 Å². The van der Waals surface area contributed by atoms with Gasteiger partial charge < -0.3 is 5.73 Å². The predicted molar refractivity (Wildman–Crippen MR) is 53.2 cm³/mol. The van der Waals surface area contributed by atoms with E-state index in [1.165, 1.54) is 5.56 Å². The predicted octanol–water partition coefficient (Wildman–Crippen LogP) is 0.502. The second kappa shape index (κ2) is 5.36. The summed E-state index contributed by atoms with van der Waals surface area (Å²) in [4.78, 5) is 15.1. The van der Waals surface area contributed by atoms with Crippen molar-refractivity contribution in [1.82, 2.24) is 5.48 Å². The average molecular weight is 194 g/mol. The van der Waals surface area contributed by atoms with Crippen LogP contribution in [0.5, 0.6) is 0 Å². The second-order valence-corrected chi connectivity index (χ2v) is 3.06. The van der Waals surface area contributed by atoms with Crippen molar-refractivity contribution >= 4 is 5.91 Å². The Hall–Kier alpha value is -1.39. The Labute approximate surface area is 83.0 Å². The Bertz CT molecular complexity index is 295. The summed E-state index contributed by atoms with van der Waals surface area (Å²) in [6.45, 7) is 2.49. The number of hydrogen-bond donors (Lipinski definition) is 2. The highest BCUT2D eigenvalue weighted by molar-refractivity contribution is 5.74. The summed E-state index contributed by atoms with van der Waals surface area (Å²) in [5.41, 5.74) is 9.85. The van der Waals surface area contributed by atoms with Crippen LogP contribution in [0, 0.1) is 6.92 Å². The number of carbonyl (C=O) groups excluding carboxylic acids is 1. The standard InChI is InChI=1S/C10H14N2O2/c1-8-2-4-9(5-3-8)6-12-14-7-10(11)13/h2-5,12H,6-7H2,1H3,(H2,11,13). The van der Waals surface area contributed by atoms with Crippen LogP contribution in [0.4, 0.5) is 0 Å². The molecule has 0 aliphatic rings. The van der Waals surface area contributed by atoms with Crippen LogP contribution in [-0.2, 0) is 16.2 Å². The lowest BCUT2D eigenvalue weighted by atomic mass is 10.2. The van der Waals surface area contributed by atoms with Crippen molar-refractivity contribution in [2.24, 2.45) is 5.73 Å². The molecule has 0 saturated carbocycles. The van der Waals surface area contributed by atoms with Crippen molar-refractivity contribution < 1.29 is 9.63 Å². The first-order chi connectivity index (χ1) is 6.68. The summed E-state index contributed by atoms with van der Waals surface area (Å²) < 4.78 is 0. The number of rotatable bonds is 5. The zero-order valence-corrected chi connectivity index (χ0v) is 8.12. The fourth-order valence-electron chi connectivity index (χ4n) is 0.962. The fourth-order valence-corrected chi connectivity index (χ4v) is 0.962. The largest absolute Gasteiger partial charge is 0.368 e. The molecular formula is C10H14N2O2. The summed E-state index contributed by atoms with van der Waals surface area (Å²) in [7, 11) is 0. The molecule has 3 N–H and O–H groups in total. The fraction of sp³-hybridized carbons (Fsp3) is 0.300. The van der Waals surface area contributed by atoms with Crippen molar-refractivity contribution in [2.45, 2.75) is 13.5 Å². The van der Waals surface area contributed by atoms with Gasteiger partial charge in [-0.3, -0.25) is 9.63 Å². The molecule has 0 aliphatic carbocycles. The highest BCUT2D eigenvalue weighted by Gasteiger charge is 1.94. The molecular weight excluding hydrogens is 180 g/mol. The molecule has 4 heteroatoms. The smallest absolute Gasteiger partial charge is 0.245 e. The number of carbonyl (C=O) groups is 1. The summed E-state index contributed by atoms with van der Waals surface area (Å²) in [5, 5.41) is 0. The van der Waals surface area contributed by atoms with E-state index in [2.05, 4.69) is 5.48 Å². The first kappa shape index (κ1) is 10.7. The van der Waals surface area contributed by atoms with Gasteiger partial charge in [0, 0.05) is 6.54 Å². The summed E-state index contributed by atoms with van der Waals surface area (Å²) in [6, 6.07) is 8.03. The van der Waals surface area contributed by atoms with Crippen LogP contribution in [0.1, 0.15) is 11.1 Å². The van der Waals surface area contributed by atoms with Crippen molar-refractivity contribution in [3.63, 3.8) is 0 Å². The number of nitrogens with one attached hydrogen (secondary N) is 1. The Morgan fingerprint density at radius 3 is 2.64 bits per heavy atom. The summed E-state index contributed by atoms with van der Waals surface area (Å²) in [6.07, 6.45) is 0. The van der Waals surface area contributed by atoms with E-state index in [1.54, 1.807) is 0 Å². The lowest BCUT2D eigenvalue weighted by molar-refractivity contribution is -0.125. The maximum Gasteiger partial charge on any atom is 0.245 e. The SMILES string of the molecule is Cc1ccc(CNOCC(N)=O)cc1.